The van der Waals surface area contributed by atoms with Crippen molar-refractivity contribution in [1.82, 2.24) is 9.97 Å². The van der Waals surface area contributed by atoms with Gasteiger partial charge >= 0.3 is 0 Å². The molecule has 96 valence electrons. The molecule has 0 bridgehead atoms. The van der Waals surface area contributed by atoms with E-state index < -0.39 is 0 Å². The molecular formula is C11H19BrN4O. The number of methoxy groups -OCH3 is 1. The highest BCUT2D eigenvalue weighted by molar-refractivity contribution is 9.10. The monoisotopic (exact) mass is 302 g/mol. The lowest BCUT2D eigenvalue weighted by Gasteiger charge is -2.31. The molecule has 0 atom stereocenters. The van der Waals surface area contributed by atoms with E-state index in [1.807, 2.05) is 0 Å². The van der Waals surface area contributed by atoms with Gasteiger partial charge in [-0.2, -0.15) is 4.98 Å². The van der Waals surface area contributed by atoms with Crippen LogP contribution in [-0.2, 0) is 0 Å². The Morgan fingerprint density at radius 1 is 1.47 bits per heavy atom. The molecule has 0 fully saturated rings. The zero-order chi connectivity index (χ0) is 12.9. The highest BCUT2D eigenvalue weighted by Gasteiger charge is 2.25. The maximum Gasteiger partial charge on any atom is 0.232 e. The maximum atomic E-state index is 5.82. The van der Waals surface area contributed by atoms with Gasteiger partial charge in [0, 0.05) is 6.54 Å². The molecule has 6 heteroatoms. The summed E-state index contributed by atoms with van der Waals surface area (Å²) in [5.74, 6) is 1.06. The van der Waals surface area contributed by atoms with Gasteiger partial charge < -0.3 is 15.8 Å². The van der Waals surface area contributed by atoms with E-state index in [1.54, 1.807) is 13.3 Å². The van der Waals surface area contributed by atoms with E-state index in [1.165, 1.54) is 0 Å². The summed E-state index contributed by atoms with van der Waals surface area (Å²) in [4.78, 5) is 8.48. The third-order valence-electron chi connectivity index (χ3n) is 3.03. The van der Waals surface area contributed by atoms with Crippen LogP contribution in [0, 0.1) is 0 Å². The zero-order valence-electron chi connectivity index (χ0n) is 10.5. The second kappa shape index (κ2) is 6.16. The van der Waals surface area contributed by atoms with Crippen LogP contribution < -0.4 is 15.8 Å². The minimum Gasteiger partial charge on any atom is -0.480 e. The van der Waals surface area contributed by atoms with Crippen molar-refractivity contribution in [2.75, 3.05) is 19.0 Å². The summed E-state index contributed by atoms with van der Waals surface area (Å²) in [6, 6.07) is 0. The van der Waals surface area contributed by atoms with Crippen LogP contribution >= 0.6 is 15.9 Å². The van der Waals surface area contributed by atoms with Crippen LogP contribution in [-0.4, -0.2) is 29.2 Å². The van der Waals surface area contributed by atoms with Crippen molar-refractivity contribution in [3.63, 3.8) is 0 Å². The SMILES string of the molecule is CCC(CC)(CN)Nc1ncc(Br)c(OC)n1. The van der Waals surface area contributed by atoms with E-state index in [0.717, 1.165) is 17.3 Å². The number of rotatable bonds is 6. The van der Waals surface area contributed by atoms with Crippen LogP contribution in [0.3, 0.4) is 0 Å². The first-order valence-corrected chi connectivity index (χ1v) is 6.45. The molecule has 17 heavy (non-hydrogen) atoms. The predicted octanol–water partition coefficient (Wildman–Crippen LogP) is 2.18. The number of nitrogens with zero attached hydrogens (tertiary/aromatic N) is 2. The average Bonchev–Trinajstić information content (AvgIpc) is 2.38. The first-order chi connectivity index (χ1) is 8.10. The van der Waals surface area contributed by atoms with E-state index in [4.69, 9.17) is 10.5 Å². The molecular weight excluding hydrogens is 284 g/mol. The molecule has 0 aromatic carbocycles. The van der Waals surface area contributed by atoms with Crippen molar-refractivity contribution < 1.29 is 4.74 Å². The van der Waals surface area contributed by atoms with E-state index in [0.29, 0.717) is 18.4 Å². The number of nitrogens with one attached hydrogen (secondary N) is 1. The van der Waals surface area contributed by atoms with Gasteiger partial charge in [-0.25, -0.2) is 4.98 Å². The van der Waals surface area contributed by atoms with E-state index in [2.05, 4.69) is 45.1 Å². The van der Waals surface area contributed by atoms with Crippen LogP contribution in [0.4, 0.5) is 5.95 Å². The molecule has 1 aromatic rings. The lowest BCUT2D eigenvalue weighted by Crippen LogP contribution is -2.44. The molecule has 0 radical (unpaired) electrons. The Kier molecular flexibility index (Phi) is 5.14. The lowest BCUT2D eigenvalue weighted by molar-refractivity contribution is 0.392. The molecule has 0 amide bonds. The number of nitrogens with two attached hydrogens (primary N) is 1. The minimum absolute atomic E-state index is 0.154. The first-order valence-electron chi connectivity index (χ1n) is 5.65. The molecule has 0 saturated heterocycles. The number of ether oxygens (including phenoxy) is 1. The summed E-state index contributed by atoms with van der Waals surface area (Å²) < 4.78 is 5.87. The molecule has 0 saturated carbocycles. The van der Waals surface area contributed by atoms with Crippen LogP contribution in [0.15, 0.2) is 10.7 Å². The fraction of sp³-hybridized carbons (Fsp3) is 0.636. The Bertz CT molecular complexity index is 360. The molecule has 0 spiro atoms. The fourth-order valence-corrected chi connectivity index (χ4v) is 1.91. The molecule has 1 rings (SSSR count). The van der Waals surface area contributed by atoms with Crippen molar-refractivity contribution in [3.8, 4) is 5.88 Å². The third kappa shape index (κ3) is 3.29. The normalized spacial score (nSPS) is 11.4. The number of anilines is 1. The van der Waals surface area contributed by atoms with Crippen molar-refractivity contribution in [1.29, 1.82) is 0 Å². The zero-order valence-corrected chi connectivity index (χ0v) is 12.0. The van der Waals surface area contributed by atoms with Crippen LogP contribution in [0.25, 0.3) is 0 Å². The van der Waals surface area contributed by atoms with Gasteiger partial charge in [0.2, 0.25) is 11.8 Å². The summed E-state index contributed by atoms with van der Waals surface area (Å²) >= 11 is 3.32. The Morgan fingerprint density at radius 3 is 2.59 bits per heavy atom. The first kappa shape index (κ1) is 14.2. The minimum atomic E-state index is -0.154. The molecule has 1 heterocycles. The summed E-state index contributed by atoms with van der Waals surface area (Å²) in [5, 5.41) is 3.30. The van der Waals surface area contributed by atoms with Gasteiger partial charge in [-0.1, -0.05) is 13.8 Å². The predicted molar refractivity (Wildman–Crippen MR) is 72.3 cm³/mol. The molecule has 0 unspecified atom stereocenters. The second-order valence-corrected chi connectivity index (χ2v) is 4.72. The van der Waals surface area contributed by atoms with E-state index in [-0.39, 0.29) is 5.54 Å². The Morgan fingerprint density at radius 2 is 2.12 bits per heavy atom. The van der Waals surface area contributed by atoms with Crippen molar-refractivity contribution >= 4 is 21.9 Å². The highest BCUT2D eigenvalue weighted by atomic mass is 79.9. The third-order valence-corrected chi connectivity index (χ3v) is 3.57. The quantitative estimate of drug-likeness (QED) is 0.842. The highest BCUT2D eigenvalue weighted by Crippen LogP contribution is 2.24. The lowest BCUT2D eigenvalue weighted by atomic mass is 9.93. The summed E-state index contributed by atoms with van der Waals surface area (Å²) in [7, 11) is 1.58. The van der Waals surface area contributed by atoms with Crippen LogP contribution in [0.1, 0.15) is 26.7 Å². The molecule has 5 nitrogen and oxygen atoms in total. The molecule has 3 N–H and O–H groups in total. The van der Waals surface area contributed by atoms with Gasteiger partial charge in [-0.05, 0) is 28.8 Å². The maximum absolute atomic E-state index is 5.82. The summed E-state index contributed by atoms with van der Waals surface area (Å²) in [6.45, 7) is 4.74. The number of aromatic nitrogens is 2. The Balaban J connectivity index is 2.94. The molecule has 0 aliphatic carbocycles. The fourth-order valence-electron chi connectivity index (χ4n) is 1.56. The number of halogens is 1. The summed E-state index contributed by atoms with van der Waals surface area (Å²) in [5.41, 5.74) is 5.66. The molecule has 0 aliphatic rings. The topological polar surface area (TPSA) is 73.1 Å². The molecule has 1 aromatic heterocycles. The van der Waals surface area contributed by atoms with Gasteiger partial charge in [0.1, 0.15) is 0 Å². The van der Waals surface area contributed by atoms with E-state index >= 15 is 0 Å². The number of hydrogen-bond acceptors (Lipinski definition) is 5. The van der Waals surface area contributed by atoms with E-state index in [9.17, 15) is 0 Å². The van der Waals surface area contributed by atoms with Crippen molar-refractivity contribution in [2.24, 2.45) is 5.73 Å². The van der Waals surface area contributed by atoms with Gasteiger partial charge in [-0.15, -0.1) is 0 Å². The summed E-state index contributed by atoms with van der Waals surface area (Å²) in [6.07, 6.45) is 3.50. The van der Waals surface area contributed by atoms with Gasteiger partial charge in [0.25, 0.3) is 0 Å². The second-order valence-electron chi connectivity index (χ2n) is 3.87. The Labute approximate surface area is 110 Å². The largest absolute Gasteiger partial charge is 0.480 e. The smallest absolute Gasteiger partial charge is 0.232 e. The van der Waals surface area contributed by atoms with Gasteiger partial charge in [0.05, 0.1) is 23.3 Å². The number of hydrogen-bond donors (Lipinski definition) is 2. The van der Waals surface area contributed by atoms with Crippen LogP contribution in [0.5, 0.6) is 5.88 Å². The van der Waals surface area contributed by atoms with Crippen LogP contribution in [0.2, 0.25) is 0 Å². The van der Waals surface area contributed by atoms with Crippen molar-refractivity contribution in [2.45, 2.75) is 32.2 Å². The average molecular weight is 303 g/mol. The Hall–Kier alpha value is -0.880. The molecule has 0 aliphatic heterocycles. The standard InChI is InChI=1S/C11H19BrN4O/c1-4-11(5-2,7-13)16-10-14-6-8(12)9(15-10)17-3/h6H,4-5,7,13H2,1-3H3,(H,14,15,16). The van der Waals surface area contributed by atoms with Gasteiger partial charge in [-0.3, -0.25) is 0 Å². The van der Waals surface area contributed by atoms with Gasteiger partial charge in [0.15, 0.2) is 0 Å². The van der Waals surface area contributed by atoms with Crippen molar-refractivity contribution in [3.05, 3.63) is 10.7 Å².